The number of hydrogen-bond donors (Lipinski definition) is 1. The molecule has 3 nitrogen and oxygen atoms in total. The Balaban J connectivity index is 2.12. The molecule has 1 N–H and O–H groups in total. The second kappa shape index (κ2) is 7.10. The molecule has 1 aromatic heterocycles. The van der Waals surface area contributed by atoms with Gasteiger partial charge in [0.2, 0.25) is 0 Å². The maximum atomic E-state index is 13.3. The first-order valence-corrected chi connectivity index (χ1v) is 7.01. The predicted octanol–water partition coefficient (Wildman–Crippen LogP) is 3.55. The van der Waals surface area contributed by atoms with Crippen molar-refractivity contribution in [1.82, 2.24) is 5.32 Å². The minimum atomic E-state index is -0.207. The number of hydrogen-bond acceptors (Lipinski definition) is 3. The number of furan rings is 1. The van der Waals surface area contributed by atoms with Crippen LogP contribution < -0.4 is 10.2 Å². The fraction of sp³-hybridized carbons (Fsp3) is 0.375. The summed E-state index contributed by atoms with van der Waals surface area (Å²) in [6, 6.07) is 8.67. The quantitative estimate of drug-likeness (QED) is 0.838. The molecule has 0 aliphatic rings. The molecule has 2 rings (SSSR count). The van der Waals surface area contributed by atoms with Gasteiger partial charge in [-0.3, -0.25) is 0 Å². The van der Waals surface area contributed by atoms with Crippen LogP contribution in [0.25, 0.3) is 0 Å². The van der Waals surface area contributed by atoms with Crippen molar-refractivity contribution >= 4 is 5.69 Å². The average Bonchev–Trinajstić information content (AvgIpc) is 2.89. The summed E-state index contributed by atoms with van der Waals surface area (Å²) in [7, 11) is 0. The summed E-state index contributed by atoms with van der Waals surface area (Å²) in [4.78, 5) is 2.13. The fourth-order valence-electron chi connectivity index (χ4n) is 2.17. The highest BCUT2D eigenvalue weighted by Crippen LogP contribution is 2.20. The van der Waals surface area contributed by atoms with E-state index in [4.69, 9.17) is 4.42 Å². The monoisotopic (exact) mass is 276 g/mol. The lowest BCUT2D eigenvalue weighted by molar-refractivity contribution is 0.482. The number of benzene rings is 1. The van der Waals surface area contributed by atoms with Crippen molar-refractivity contribution in [1.29, 1.82) is 0 Å². The zero-order chi connectivity index (χ0) is 14.4. The van der Waals surface area contributed by atoms with Crippen molar-refractivity contribution in [2.45, 2.75) is 26.9 Å². The van der Waals surface area contributed by atoms with Crippen molar-refractivity contribution in [3.8, 4) is 0 Å². The van der Waals surface area contributed by atoms with E-state index in [2.05, 4.69) is 24.1 Å². The summed E-state index contributed by atoms with van der Waals surface area (Å²) in [5.74, 6) is 0.739. The van der Waals surface area contributed by atoms with Gasteiger partial charge < -0.3 is 14.6 Å². The van der Waals surface area contributed by atoms with E-state index in [0.717, 1.165) is 43.2 Å². The molecular formula is C16H21FN2O. The van der Waals surface area contributed by atoms with Crippen molar-refractivity contribution in [3.63, 3.8) is 0 Å². The number of anilines is 1. The summed E-state index contributed by atoms with van der Waals surface area (Å²) in [5.41, 5.74) is 2.03. The van der Waals surface area contributed by atoms with E-state index >= 15 is 0 Å². The average molecular weight is 276 g/mol. The minimum Gasteiger partial charge on any atom is -0.468 e. The van der Waals surface area contributed by atoms with E-state index in [9.17, 15) is 4.39 Å². The number of nitrogens with one attached hydrogen (secondary N) is 1. The van der Waals surface area contributed by atoms with Crippen LogP contribution in [-0.2, 0) is 13.1 Å². The van der Waals surface area contributed by atoms with E-state index in [-0.39, 0.29) is 5.82 Å². The van der Waals surface area contributed by atoms with Gasteiger partial charge >= 0.3 is 0 Å². The first-order valence-electron chi connectivity index (χ1n) is 7.01. The van der Waals surface area contributed by atoms with Crippen LogP contribution in [0.4, 0.5) is 10.1 Å². The molecule has 0 spiro atoms. The van der Waals surface area contributed by atoms with E-state index in [1.165, 1.54) is 6.07 Å². The van der Waals surface area contributed by atoms with Gasteiger partial charge in [0.1, 0.15) is 11.6 Å². The third-order valence-electron chi connectivity index (χ3n) is 3.29. The predicted molar refractivity (Wildman–Crippen MR) is 79.2 cm³/mol. The number of rotatable bonds is 7. The van der Waals surface area contributed by atoms with Gasteiger partial charge in [0.05, 0.1) is 12.8 Å². The largest absolute Gasteiger partial charge is 0.468 e. The first-order chi connectivity index (χ1) is 9.74. The van der Waals surface area contributed by atoms with Gasteiger partial charge in [-0.1, -0.05) is 13.0 Å². The highest BCUT2D eigenvalue weighted by atomic mass is 19.1. The second-order valence-electron chi connectivity index (χ2n) is 4.64. The Kier molecular flexibility index (Phi) is 5.18. The summed E-state index contributed by atoms with van der Waals surface area (Å²) >= 11 is 0. The Morgan fingerprint density at radius 2 is 2.10 bits per heavy atom. The fourth-order valence-corrected chi connectivity index (χ4v) is 2.17. The van der Waals surface area contributed by atoms with Gasteiger partial charge in [-0.05, 0) is 37.7 Å². The molecule has 0 aliphatic carbocycles. The normalized spacial score (nSPS) is 10.8. The number of nitrogens with zero attached hydrogens (tertiary/aromatic N) is 1. The SMILES string of the molecule is CCNCc1occc1CN(CC)c1cccc(F)c1. The summed E-state index contributed by atoms with van der Waals surface area (Å²) < 4.78 is 18.8. The van der Waals surface area contributed by atoms with Crippen LogP contribution in [0.2, 0.25) is 0 Å². The molecule has 0 bridgehead atoms. The Morgan fingerprint density at radius 1 is 1.25 bits per heavy atom. The molecule has 0 saturated carbocycles. The van der Waals surface area contributed by atoms with E-state index in [1.54, 1.807) is 18.4 Å². The molecule has 0 radical (unpaired) electrons. The lowest BCUT2D eigenvalue weighted by Crippen LogP contribution is -2.23. The standard InChI is InChI=1S/C16H21FN2O/c1-3-18-11-16-13(8-9-20-16)12-19(4-2)15-7-5-6-14(17)10-15/h5-10,18H,3-4,11-12H2,1-2H3. The van der Waals surface area contributed by atoms with E-state index in [0.29, 0.717) is 0 Å². The molecule has 1 aromatic carbocycles. The molecular weight excluding hydrogens is 255 g/mol. The topological polar surface area (TPSA) is 28.4 Å². The maximum Gasteiger partial charge on any atom is 0.125 e. The molecule has 4 heteroatoms. The van der Waals surface area contributed by atoms with Gasteiger partial charge in [0, 0.05) is 24.3 Å². The van der Waals surface area contributed by atoms with Crippen LogP contribution in [-0.4, -0.2) is 13.1 Å². The third-order valence-corrected chi connectivity index (χ3v) is 3.29. The smallest absolute Gasteiger partial charge is 0.125 e. The highest BCUT2D eigenvalue weighted by Gasteiger charge is 2.11. The second-order valence-corrected chi connectivity index (χ2v) is 4.64. The van der Waals surface area contributed by atoms with Gasteiger partial charge in [-0.25, -0.2) is 4.39 Å². The molecule has 0 aliphatic heterocycles. The molecule has 0 amide bonds. The zero-order valence-electron chi connectivity index (χ0n) is 12.0. The van der Waals surface area contributed by atoms with Crippen LogP contribution in [0.5, 0.6) is 0 Å². The lowest BCUT2D eigenvalue weighted by atomic mass is 10.2. The first kappa shape index (κ1) is 14.6. The van der Waals surface area contributed by atoms with Gasteiger partial charge in [0.15, 0.2) is 0 Å². The Hall–Kier alpha value is -1.81. The van der Waals surface area contributed by atoms with E-state index in [1.807, 2.05) is 12.1 Å². The summed E-state index contributed by atoms with van der Waals surface area (Å²) in [6.45, 7) is 7.29. The molecule has 2 aromatic rings. The Bertz CT molecular complexity index is 539. The molecule has 108 valence electrons. The van der Waals surface area contributed by atoms with Crippen LogP contribution in [0.15, 0.2) is 41.0 Å². The Labute approximate surface area is 119 Å². The van der Waals surface area contributed by atoms with Crippen LogP contribution in [0.3, 0.4) is 0 Å². The molecule has 0 unspecified atom stereocenters. The molecule has 20 heavy (non-hydrogen) atoms. The molecule has 0 atom stereocenters. The van der Waals surface area contributed by atoms with Crippen molar-refractivity contribution in [2.24, 2.45) is 0 Å². The molecule has 0 fully saturated rings. The van der Waals surface area contributed by atoms with Gasteiger partial charge in [0.25, 0.3) is 0 Å². The van der Waals surface area contributed by atoms with Crippen LogP contribution >= 0.6 is 0 Å². The minimum absolute atomic E-state index is 0.207. The zero-order valence-corrected chi connectivity index (χ0v) is 12.0. The lowest BCUT2D eigenvalue weighted by Gasteiger charge is -2.23. The maximum absolute atomic E-state index is 13.3. The summed E-state index contributed by atoms with van der Waals surface area (Å²) in [5, 5.41) is 3.26. The van der Waals surface area contributed by atoms with Crippen LogP contribution in [0.1, 0.15) is 25.2 Å². The van der Waals surface area contributed by atoms with Crippen molar-refractivity contribution < 1.29 is 8.81 Å². The van der Waals surface area contributed by atoms with E-state index < -0.39 is 0 Å². The molecule has 0 saturated heterocycles. The Morgan fingerprint density at radius 3 is 2.80 bits per heavy atom. The van der Waals surface area contributed by atoms with Crippen LogP contribution in [0, 0.1) is 5.82 Å². The van der Waals surface area contributed by atoms with Gasteiger partial charge in [-0.2, -0.15) is 0 Å². The molecule has 1 heterocycles. The van der Waals surface area contributed by atoms with Crippen molar-refractivity contribution in [2.75, 3.05) is 18.0 Å². The van der Waals surface area contributed by atoms with Gasteiger partial charge in [-0.15, -0.1) is 0 Å². The highest BCUT2D eigenvalue weighted by molar-refractivity contribution is 5.47. The number of halogens is 1. The van der Waals surface area contributed by atoms with Crippen molar-refractivity contribution in [3.05, 3.63) is 53.7 Å². The summed E-state index contributed by atoms with van der Waals surface area (Å²) in [6.07, 6.45) is 1.71. The third kappa shape index (κ3) is 3.61.